The Morgan fingerprint density at radius 2 is 1.50 bits per heavy atom. The molecular formula is C27H24N2O3. The van der Waals surface area contributed by atoms with Crippen LogP contribution in [0.2, 0.25) is 0 Å². The van der Waals surface area contributed by atoms with E-state index in [1.54, 1.807) is 7.11 Å². The Hall–Kier alpha value is -3.86. The zero-order valence-electron chi connectivity index (χ0n) is 18.0. The molecule has 160 valence electrons. The van der Waals surface area contributed by atoms with E-state index in [9.17, 15) is 9.59 Å². The van der Waals surface area contributed by atoms with Crippen LogP contribution in [0.1, 0.15) is 22.3 Å². The first kappa shape index (κ1) is 20.1. The molecule has 0 spiro atoms. The average Bonchev–Trinajstić information content (AvgIpc) is 3.09. The molecule has 3 aromatic carbocycles. The predicted molar refractivity (Wildman–Crippen MR) is 122 cm³/mol. The number of hydrogen-bond acceptors (Lipinski definition) is 4. The average molecular weight is 425 g/mol. The molecule has 0 saturated carbocycles. The Kier molecular flexibility index (Phi) is 5.23. The lowest BCUT2D eigenvalue weighted by Crippen LogP contribution is -2.37. The lowest BCUT2D eigenvalue weighted by Gasteiger charge is -2.31. The molecule has 0 aliphatic carbocycles. The minimum Gasteiger partial charge on any atom is -0.496 e. The summed E-state index contributed by atoms with van der Waals surface area (Å²) >= 11 is 0. The number of carbonyl (C=O) groups is 2. The molecule has 2 heterocycles. The van der Waals surface area contributed by atoms with Crippen LogP contribution >= 0.6 is 0 Å². The molecule has 0 atom stereocenters. The van der Waals surface area contributed by atoms with Gasteiger partial charge in [0, 0.05) is 18.7 Å². The largest absolute Gasteiger partial charge is 0.496 e. The van der Waals surface area contributed by atoms with Gasteiger partial charge < -0.3 is 9.64 Å². The second-order valence-electron chi connectivity index (χ2n) is 8.05. The highest BCUT2D eigenvalue weighted by Gasteiger charge is 2.42. The van der Waals surface area contributed by atoms with Crippen molar-refractivity contribution in [1.29, 1.82) is 0 Å². The third-order valence-corrected chi connectivity index (χ3v) is 6.15. The molecule has 2 amide bonds. The van der Waals surface area contributed by atoms with E-state index < -0.39 is 0 Å². The van der Waals surface area contributed by atoms with Crippen LogP contribution in [0.3, 0.4) is 0 Å². The Morgan fingerprint density at radius 3 is 2.28 bits per heavy atom. The Morgan fingerprint density at radius 1 is 0.812 bits per heavy atom. The van der Waals surface area contributed by atoms with E-state index >= 15 is 0 Å². The molecule has 0 unspecified atom stereocenters. The molecule has 3 aromatic rings. The molecule has 0 saturated heterocycles. The van der Waals surface area contributed by atoms with Crippen LogP contribution in [-0.4, -0.2) is 35.3 Å². The van der Waals surface area contributed by atoms with E-state index in [-0.39, 0.29) is 18.4 Å². The van der Waals surface area contributed by atoms with Crippen molar-refractivity contribution in [3.05, 3.63) is 107 Å². The molecule has 5 rings (SSSR count). The van der Waals surface area contributed by atoms with Crippen molar-refractivity contribution in [2.45, 2.75) is 19.5 Å². The number of nitrogens with zero attached hydrogens (tertiary/aromatic N) is 2. The van der Waals surface area contributed by atoms with Gasteiger partial charge in [-0.1, -0.05) is 72.8 Å². The normalized spacial score (nSPS) is 15.9. The summed E-state index contributed by atoms with van der Waals surface area (Å²) in [6.07, 6.45) is 0.832. The monoisotopic (exact) mass is 424 g/mol. The van der Waals surface area contributed by atoms with Gasteiger partial charge in [-0.3, -0.25) is 14.5 Å². The highest BCUT2D eigenvalue weighted by molar-refractivity contribution is 6.35. The Bertz CT molecular complexity index is 1220. The van der Waals surface area contributed by atoms with Gasteiger partial charge in [0.2, 0.25) is 0 Å². The van der Waals surface area contributed by atoms with Gasteiger partial charge in [-0.2, -0.15) is 0 Å². The summed E-state index contributed by atoms with van der Waals surface area (Å²) in [6, 6.07) is 25.3. The zero-order valence-corrected chi connectivity index (χ0v) is 18.0. The number of fused-ring (bicyclic) bond motifs is 1. The number of rotatable bonds is 5. The van der Waals surface area contributed by atoms with Gasteiger partial charge in [-0.15, -0.1) is 0 Å². The smallest absolute Gasteiger partial charge is 0.278 e. The van der Waals surface area contributed by atoms with Gasteiger partial charge in [-0.25, -0.2) is 0 Å². The lowest BCUT2D eigenvalue weighted by atomic mass is 9.97. The zero-order chi connectivity index (χ0) is 22.1. The topological polar surface area (TPSA) is 49.9 Å². The van der Waals surface area contributed by atoms with E-state index in [0.29, 0.717) is 35.7 Å². The molecule has 5 heteroatoms. The summed E-state index contributed by atoms with van der Waals surface area (Å²) in [5.74, 6) is 0.0523. The fraction of sp³-hybridized carbons (Fsp3) is 0.185. The van der Waals surface area contributed by atoms with Gasteiger partial charge in [0.1, 0.15) is 11.4 Å². The summed E-state index contributed by atoms with van der Waals surface area (Å²) in [7, 11) is 1.58. The quantitative estimate of drug-likeness (QED) is 0.580. The van der Waals surface area contributed by atoms with Crippen LogP contribution < -0.4 is 4.74 Å². The van der Waals surface area contributed by atoms with Crippen molar-refractivity contribution in [3.63, 3.8) is 0 Å². The molecule has 32 heavy (non-hydrogen) atoms. The molecular weight excluding hydrogens is 400 g/mol. The van der Waals surface area contributed by atoms with Gasteiger partial charge >= 0.3 is 0 Å². The first-order valence-corrected chi connectivity index (χ1v) is 10.8. The molecule has 5 nitrogen and oxygen atoms in total. The maximum atomic E-state index is 13.7. The number of carbonyl (C=O) groups excluding carboxylic acids is 2. The van der Waals surface area contributed by atoms with Crippen LogP contribution in [0.5, 0.6) is 5.75 Å². The third-order valence-electron chi connectivity index (χ3n) is 6.15. The molecule has 0 fully saturated rings. The molecule has 0 radical (unpaired) electrons. The van der Waals surface area contributed by atoms with Crippen molar-refractivity contribution in [3.8, 4) is 5.75 Å². The first-order valence-electron chi connectivity index (χ1n) is 10.8. The van der Waals surface area contributed by atoms with Gasteiger partial charge in [0.15, 0.2) is 0 Å². The Labute approximate surface area is 187 Å². The minimum atomic E-state index is -0.280. The summed E-state index contributed by atoms with van der Waals surface area (Å²) in [4.78, 5) is 30.7. The summed E-state index contributed by atoms with van der Waals surface area (Å²) in [6.45, 7) is 1.52. The number of para-hydroxylation sites is 1. The van der Waals surface area contributed by atoms with Crippen molar-refractivity contribution in [2.24, 2.45) is 0 Å². The second-order valence-corrected chi connectivity index (χ2v) is 8.05. The summed E-state index contributed by atoms with van der Waals surface area (Å²) in [5.41, 5.74) is 4.93. The molecule has 2 aliphatic heterocycles. The van der Waals surface area contributed by atoms with E-state index in [4.69, 9.17) is 4.74 Å². The van der Waals surface area contributed by atoms with Gasteiger partial charge in [-0.05, 0) is 29.2 Å². The van der Waals surface area contributed by atoms with E-state index in [0.717, 1.165) is 12.0 Å². The highest BCUT2D eigenvalue weighted by Crippen LogP contribution is 2.38. The van der Waals surface area contributed by atoms with Crippen molar-refractivity contribution in [1.82, 2.24) is 9.80 Å². The van der Waals surface area contributed by atoms with Crippen molar-refractivity contribution in [2.75, 3.05) is 13.7 Å². The molecule has 0 bridgehead atoms. The van der Waals surface area contributed by atoms with E-state index in [2.05, 4.69) is 17.0 Å². The predicted octanol–water partition coefficient (Wildman–Crippen LogP) is 4.03. The van der Waals surface area contributed by atoms with Crippen LogP contribution in [0, 0.1) is 0 Å². The maximum Gasteiger partial charge on any atom is 0.278 e. The summed E-state index contributed by atoms with van der Waals surface area (Å²) in [5, 5.41) is 0. The second kappa shape index (κ2) is 8.35. The van der Waals surface area contributed by atoms with Crippen LogP contribution in [0.25, 0.3) is 5.57 Å². The van der Waals surface area contributed by atoms with Crippen LogP contribution in [0.15, 0.2) is 84.6 Å². The molecule has 2 aliphatic rings. The Balaban J connectivity index is 1.59. The molecule has 0 aromatic heterocycles. The molecule has 0 N–H and O–H groups in total. The first-order chi connectivity index (χ1) is 15.7. The number of methoxy groups -OCH3 is 1. The maximum absolute atomic E-state index is 13.7. The number of hydrogen-bond donors (Lipinski definition) is 0. The minimum absolute atomic E-state index is 0.241. The number of ether oxygens (including phenoxy) is 1. The fourth-order valence-corrected chi connectivity index (χ4v) is 4.55. The van der Waals surface area contributed by atoms with Crippen LogP contribution in [0.4, 0.5) is 0 Å². The van der Waals surface area contributed by atoms with Gasteiger partial charge in [0.25, 0.3) is 11.8 Å². The number of imide groups is 1. The summed E-state index contributed by atoms with van der Waals surface area (Å²) < 4.78 is 5.55. The van der Waals surface area contributed by atoms with E-state index in [1.165, 1.54) is 16.0 Å². The van der Waals surface area contributed by atoms with Crippen LogP contribution in [-0.2, 0) is 29.1 Å². The third kappa shape index (κ3) is 3.46. The van der Waals surface area contributed by atoms with Crippen molar-refractivity contribution >= 4 is 17.4 Å². The van der Waals surface area contributed by atoms with Gasteiger partial charge in [0.05, 0.1) is 19.2 Å². The van der Waals surface area contributed by atoms with Crippen molar-refractivity contribution < 1.29 is 14.3 Å². The lowest BCUT2D eigenvalue weighted by molar-refractivity contribution is -0.138. The standard InChI is InChI=1S/C27H24N2O3/c1-32-23-14-8-7-13-22(23)24-25(28-16-15-20-11-5-6-12-21(20)18-28)27(31)29(26(24)30)17-19-9-3-2-4-10-19/h2-14H,15-18H2,1H3. The number of benzene rings is 3. The highest BCUT2D eigenvalue weighted by atomic mass is 16.5. The SMILES string of the molecule is COc1ccccc1C1=C(N2CCc3ccccc3C2)C(=O)N(Cc2ccccc2)C1=O. The number of amides is 2. The van der Waals surface area contributed by atoms with E-state index in [1.807, 2.05) is 66.7 Å². The fourth-order valence-electron chi connectivity index (χ4n) is 4.55.